The van der Waals surface area contributed by atoms with Gasteiger partial charge in [0, 0.05) is 12.6 Å². The van der Waals surface area contributed by atoms with Crippen molar-refractivity contribution in [2.24, 2.45) is 17.6 Å². The summed E-state index contributed by atoms with van der Waals surface area (Å²) in [7, 11) is 0. The molecule has 0 aromatic heterocycles. The van der Waals surface area contributed by atoms with Gasteiger partial charge >= 0.3 is 0 Å². The monoisotopic (exact) mass is 239 g/mol. The molecule has 0 aromatic carbocycles. The van der Waals surface area contributed by atoms with Crippen LogP contribution in [-0.2, 0) is 4.79 Å². The number of fused-ring (bicyclic) bond motifs is 3. The molecule has 2 atom stereocenters. The van der Waals surface area contributed by atoms with E-state index >= 15 is 0 Å². The molecule has 0 spiro atoms. The molecule has 0 saturated carbocycles. The quantitative estimate of drug-likeness (QED) is 0.754. The van der Waals surface area contributed by atoms with Crippen LogP contribution in [0.1, 0.15) is 33.1 Å². The molecule has 3 rings (SSSR count). The van der Waals surface area contributed by atoms with Crippen molar-refractivity contribution >= 4 is 5.91 Å². The van der Waals surface area contributed by atoms with Crippen LogP contribution < -0.4 is 11.1 Å². The second-order valence-electron chi connectivity index (χ2n) is 5.99. The number of amides is 1. The summed E-state index contributed by atoms with van der Waals surface area (Å²) in [4.78, 5) is 14.4. The molecule has 3 aliphatic heterocycles. The lowest BCUT2D eigenvalue weighted by Gasteiger charge is -2.45. The number of nitrogens with two attached hydrogens (primary N) is 1. The second-order valence-corrected chi connectivity index (χ2v) is 5.99. The van der Waals surface area contributed by atoms with Crippen molar-refractivity contribution in [3.63, 3.8) is 0 Å². The fourth-order valence-corrected chi connectivity index (χ4v) is 3.03. The molecule has 0 aliphatic carbocycles. The molecule has 0 radical (unpaired) electrons. The van der Waals surface area contributed by atoms with E-state index in [1.54, 1.807) is 0 Å². The molecule has 3 N–H and O–H groups in total. The van der Waals surface area contributed by atoms with Gasteiger partial charge in [-0.25, -0.2) is 0 Å². The van der Waals surface area contributed by atoms with E-state index in [1.807, 2.05) is 0 Å². The lowest BCUT2D eigenvalue weighted by Crippen LogP contribution is -2.59. The Balaban J connectivity index is 1.82. The predicted molar refractivity (Wildman–Crippen MR) is 68.5 cm³/mol. The van der Waals surface area contributed by atoms with Crippen molar-refractivity contribution < 1.29 is 4.79 Å². The highest BCUT2D eigenvalue weighted by Gasteiger charge is 2.35. The molecule has 0 aromatic rings. The molecule has 3 fully saturated rings. The van der Waals surface area contributed by atoms with Crippen LogP contribution in [0.4, 0.5) is 0 Å². The maximum absolute atomic E-state index is 12.0. The first-order valence-corrected chi connectivity index (χ1v) is 6.84. The molecule has 4 nitrogen and oxygen atoms in total. The SMILES string of the molecule is CC(C)C[C@@H](N)C(=O)NC1CN2CCC1CC2. The number of carbonyl (C=O) groups excluding carboxylic acids is 1. The highest BCUT2D eigenvalue weighted by Crippen LogP contribution is 2.27. The Hall–Kier alpha value is -0.610. The van der Waals surface area contributed by atoms with E-state index in [0.717, 1.165) is 13.0 Å². The first-order chi connectivity index (χ1) is 8.06. The molecule has 2 bridgehead atoms. The van der Waals surface area contributed by atoms with Crippen LogP contribution in [0, 0.1) is 11.8 Å². The Morgan fingerprint density at radius 2 is 2.06 bits per heavy atom. The number of rotatable bonds is 4. The van der Waals surface area contributed by atoms with Gasteiger partial charge in [-0.3, -0.25) is 4.79 Å². The van der Waals surface area contributed by atoms with Gasteiger partial charge in [-0.15, -0.1) is 0 Å². The van der Waals surface area contributed by atoms with Crippen LogP contribution in [0.15, 0.2) is 0 Å². The van der Waals surface area contributed by atoms with E-state index < -0.39 is 0 Å². The molecule has 1 unspecified atom stereocenters. The minimum atomic E-state index is -0.342. The number of nitrogens with zero attached hydrogens (tertiary/aromatic N) is 1. The van der Waals surface area contributed by atoms with Gasteiger partial charge in [0.2, 0.25) is 5.91 Å². The summed E-state index contributed by atoms with van der Waals surface area (Å²) in [5.74, 6) is 1.19. The summed E-state index contributed by atoms with van der Waals surface area (Å²) in [6.07, 6.45) is 3.22. The van der Waals surface area contributed by atoms with Crippen LogP contribution in [0.2, 0.25) is 0 Å². The summed E-state index contributed by atoms with van der Waals surface area (Å²) in [6.45, 7) is 7.62. The van der Waals surface area contributed by atoms with Crippen LogP contribution in [-0.4, -0.2) is 42.5 Å². The highest BCUT2D eigenvalue weighted by atomic mass is 16.2. The van der Waals surface area contributed by atoms with Gasteiger partial charge in [0.15, 0.2) is 0 Å². The van der Waals surface area contributed by atoms with Crippen molar-refractivity contribution in [3.8, 4) is 0 Å². The topological polar surface area (TPSA) is 58.4 Å². The van der Waals surface area contributed by atoms with Gasteiger partial charge in [-0.05, 0) is 44.2 Å². The third-order valence-corrected chi connectivity index (χ3v) is 4.05. The van der Waals surface area contributed by atoms with Crippen molar-refractivity contribution in [3.05, 3.63) is 0 Å². The number of carbonyl (C=O) groups is 1. The van der Waals surface area contributed by atoms with Crippen LogP contribution in [0.5, 0.6) is 0 Å². The number of hydrogen-bond acceptors (Lipinski definition) is 3. The predicted octanol–water partition coefficient (Wildman–Crippen LogP) is 0.570. The largest absolute Gasteiger partial charge is 0.350 e. The first-order valence-electron chi connectivity index (χ1n) is 6.84. The fraction of sp³-hybridized carbons (Fsp3) is 0.923. The Bertz CT molecular complexity index is 272. The van der Waals surface area contributed by atoms with Crippen molar-refractivity contribution in [2.45, 2.75) is 45.2 Å². The smallest absolute Gasteiger partial charge is 0.237 e. The number of nitrogens with one attached hydrogen (secondary N) is 1. The molecule has 4 heteroatoms. The van der Waals surface area contributed by atoms with E-state index in [2.05, 4.69) is 24.1 Å². The number of piperidine rings is 3. The van der Waals surface area contributed by atoms with E-state index in [4.69, 9.17) is 5.73 Å². The van der Waals surface area contributed by atoms with Crippen LogP contribution in [0.25, 0.3) is 0 Å². The summed E-state index contributed by atoms with van der Waals surface area (Å²) in [5.41, 5.74) is 5.91. The third kappa shape index (κ3) is 3.19. The molecule has 1 amide bonds. The van der Waals surface area contributed by atoms with E-state index in [-0.39, 0.29) is 11.9 Å². The molecule has 3 heterocycles. The van der Waals surface area contributed by atoms with Gasteiger partial charge in [0.05, 0.1) is 6.04 Å². The normalized spacial score (nSPS) is 33.8. The minimum absolute atomic E-state index is 0.0393. The molecular formula is C13H25N3O. The van der Waals surface area contributed by atoms with Gasteiger partial charge in [-0.2, -0.15) is 0 Å². The molecular weight excluding hydrogens is 214 g/mol. The summed E-state index contributed by atoms with van der Waals surface area (Å²) in [6, 6.07) is -0.00587. The van der Waals surface area contributed by atoms with Crippen molar-refractivity contribution in [1.82, 2.24) is 10.2 Å². The Morgan fingerprint density at radius 1 is 1.41 bits per heavy atom. The van der Waals surface area contributed by atoms with E-state index in [1.165, 1.54) is 25.9 Å². The maximum atomic E-state index is 12.0. The van der Waals surface area contributed by atoms with Crippen molar-refractivity contribution in [1.29, 1.82) is 0 Å². The summed E-state index contributed by atoms with van der Waals surface area (Å²) in [5, 5.41) is 3.15. The molecule has 17 heavy (non-hydrogen) atoms. The Morgan fingerprint density at radius 3 is 2.53 bits per heavy atom. The average molecular weight is 239 g/mol. The fourth-order valence-electron chi connectivity index (χ4n) is 3.03. The van der Waals surface area contributed by atoms with E-state index in [9.17, 15) is 4.79 Å². The van der Waals surface area contributed by atoms with E-state index in [0.29, 0.717) is 17.9 Å². The minimum Gasteiger partial charge on any atom is -0.350 e. The third-order valence-electron chi connectivity index (χ3n) is 4.05. The van der Waals surface area contributed by atoms with Gasteiger partial charge < -0.3 is 16.0 Å². The van der Waals surface area contributed by atoms with Crippen molar-refractivity contribution in [2.75, 3.05) is 19.6 Å². The standard InChI is InChI=1S/C13H25N3O/c1-9(2)7-11(14)13(17)15-12-8-16-5-3-10(12)4-6-16/h9-12H,3-8,14H2,1-2H3,(H,15,17)/t11-,12?/m1/s1. The van der Waals surface area contributed by atoms with Gasteiger partial charge in [0.25, 0.3) is 0 Å². The zero-order valence-corrected chi connectivity index (χ0v) is 11.0. The maximum Gasteiger partial charge on any atom is 0.237 e. The molecule has 3 aliphatic rings. The highest BCUT2D eigenvalue weighted by molar-refractivity contribution is 5.81. The van der Waals surface area contributed by atoms with Crippen LogP contribution in [0.3, 0.4) is 0 Å². The number of hydrogen-bond donors (Lipinski definition) is 2. The second kappa shape index (κ2) is 5.36. The Labute approximate surface area is 104 Å². The van der Waals surface area contributed by atoms with Crippen LogP contribution >= 0.6 is 0 Å². The first kappa shape index (κ1) is 12.8. The average Bonchev–Trinajstić information content (AvgIpc) is 2.29. The summed E-state index contributed by atoms with van der Waals surface area (Å²) >= 11 is 0. The zero-order valence-electron chi connectivity index (χ0n) is 11.0. The zero-order chi connectivity index (χ0) is 12.4. The van der Waals surface area contributed by atoms with Gasteiger partial charge in [-0.1, -0.05) is 13.8 Å². The van der Waals surface area contributed by atoms with Gasteiger partial charge in [0.1, 0.15) is 0 Å². The summed E-state index contributed by atoms with van der Waals surface area (Å²) < 4.78 is 0. The molecule has 3 saturated heterocycles. The molecule has 98 valence electrons. The lowest BCUT2D eigenvalue weighted by molar-refractivity contribution is -0.124. The Kier molecular flexibility index (Phi) is 4.05. The lowest BCUT2D eigenvalue weighted by atomic mass is 9.84.